The lowest BCUT2D eigenvalue weighted by Crippen LogP contribution is -2.45. The molecule has 0 aliphatic carbocycles. The molecule has 0 bridgehead atoms. The van der Waals surface area contributed by atoms with Crippen LogP contribution in [0.1, 0.15) is 13.8 Å². The van der Waals surface area contributed by atoms with E-state index in [1.54, 1.807) is 4.90 Å². The van der Waals surface area contributed by atoms with Crippen LogP contribution in [0.2, 0.25) is 0 Å². The van der Waals surface area contributed by atoms with E-state index in [4.69, 9.17) is 15.2 Å². The van der Waals surface area contributed by atoms with Crippen LogP contribution < -0.4 is 15.4 Å². The third kappa shape index (κ3) is 3.17. The summed E-state index contributed by atoms with van der Waals surface area (Å²) in [6.45, 7) is 5.35. The van der Waals surface area contributed by atoms with Crippen molar-refractivity contribution in [1.82, 2.24) is 0 Å². The molecule has 0 spiro atoms. The first-order valence-corrected chi connectivity index (χ1v) is 6.52. The monoisotopic (exact) mass is 264 g/mol. The highest BCUT2D eigenvalue weighted by atomic mass is 16.6. The Morgan fingerprint density at radius 1 is 1.47 bits per heavy atom. The van der Waals surface area contributed by atoms with Crippen LogP contribution in [0.3, 0.4) is 0 Å². The minimum atomic E-state index is -0.343. The van der Waals surface area contributed by atoms with Crippen LogP contribution in [0.5, 0.6) is 5.75 Å². The molecule has 1 atom stereocenters. The van der Waals surface area contributed by atoms with Crippen molar-refractivity contribution >= 4 is 11.8 Å². The second-order valence-electron chi connectivity index (χ2n) is 4.92. The summed E-state index contributed by atoms with van der Waals surface area (Å²) in [4.78, 5) is 13.5. The van der Waals surface area contributed by atoms with Gasteiger partial charge in [0.15, 0.2) is 0 Å². The first kappa shape index (κ1) is 13.7. The molecule has 5 nitrogen and oxygen atoms in total. The van der Waals surface area contributed by atoms with Crippen LogP contribution in [-0.4, -0.2) is 31.9 Å². The van der Waals surface area contributed by atoms with E-state index < -0.39 is 0 Å². The lowest BCUT2D eigenvalue weighted by Gasteiger charge is -2.32. The average Bonchev–Trinajstić information content (AvgIpc) is 2.40. The van der Waals surface area contributed by atoms with Crippen molar-refractivity contribution in [3.63, 3.8) is 0 Å². The Hall–Kier alpha value is -1.75. The van der Waals surface area contributed by atoms with Crippen LogP contribution in [-0.2, 0) is 4.74 Å². The Morgan fingerprint density at radius 3 is 2.89 bits per heavy atom. The van der Waals surface area contributed by atoms with E-state index in [2.05, 4.69) is 0 Å². The molecular weight excluding hydrogens is 244 g/mol. The van der Waals surface area contributed by atoms with Crippen molar-refractivity contribution in [2.24, 2.45) is 11.7 Å². The number of rotatable bonds is 4. The lowest BCUT2D eigenvalue weighted by molar-refractivity contribution is 0.116. The third-order valence-electron chi connectivity index (χ3n) is 2.96. The Morgan fingerprint density at radius 2 is 2.21 bits per heavy atom. The number of amides is 1. The fourth-order valence-corrected chi connectivity index (χ4v) is 2.03. The number of ether oxygens (including phenoxy) is 2. The zero-order valence-electron chi connectivity index (χ0n) is 11.3. The van der Waals surface area contributed by atoms with Crippen molar-refractivity contribution in [2.45, 2.75) is 20.0 Å². The zero-order valence-corrected chi connectivity index (χ0v) is 11.3. The molecule has 2 rings (SSSR count). The Balaban J connectivity index is 2.26. The normalized spacial score (nSPS) is 19.5. The van der Waals surface area contributed by atoms with Gasteiger partial charge in [0.05, 0.1) is 18.4 Å². The number of benzene rings is 1. The molecule has 5 heteroatoms. The van der Waals surface area contributed by atoms with Gasteiger partial charge in [0.2, 0.25) is 0 Å². The number of nitrogens with two attached hydrogens (primary N) is 1. The van der Waals surface area contributed by atoms with Gasteiger partial charge in [-0.3, -0.25) is 4.90 Å². The maximum Gasteiger partial charge on any atom is 0.414 e. The molecule has 0 aromatic heterocycles. The highest BCUT2D eigenvalue weighted by Gasteiger charge is 2.29. The lowest BCUT2D eigenvalue weighted by atomic mass is 10.1. The number of carbonyl (C=O) groups is 1. The summed E-state index contributed by atoms with van der Waals surface area (Å²) in [6, 6.07) is 7.48. The number of para-hydroxylation sites is 2. The molecule has 1 aliphatic heterocycles. The molecule has 1 aliphatic rings. The van der Waals surface area contributed by atoms with Gasteiger partial charge in [0.25, 0.3) is 0 Å². The van der Waals surface area contributed by atoms with E-state index in [0.717, 1.165) is 5.69 Å². The van der Waals surface area contributed by atoms with E-state index in [-0.39, 0.29) is 18.1 Å². The fraction of sp³-hybridized carbons (Fsp3) is 0.500. The minimum absolute atomic E-state index is 0.0484. The molecule has 0 radical (unpaired) electrons. The summed E-state index contributed by atoms with van der Waals surface area (Å²) in [5.41, 5.74) is 6.39. The number of carbonyl (C=O) groups excluding carboxylic acids is 1. The first-order chi connectivity index (χ1) is 9.11. The van der Waals surface area contributed by atoms with Crippen molar-refractivity contribution in [2.75, 3.05) is 24.6 Å². The van der Waals surface area contributed by atoms with Gasteiger partial charge < -0.3 is 15.2 Å². The quantitative estimate of drug-likeness (QED) is 0.903. The van der Waals surface area contributed by atoms with Crippen LogP contribution in [0.25, 0.3) is 0 Å². The number of nitrogens with zero attached hydrogens (tertiary/aromatic N) is 1. The Bertz CT molecular complexity index is 448. The Labute approximate surface area is 113 Å². The second kappa shape index (κ2) is 5.93. The van der Waals surface area contributed by atoms with Gasteiger partial charge in [-0.25, -0.2) is 4.79 Å². The molecular formula is C14H20N2O3. The average molecular weight is 264 g/mol. The van der Waals surface area contributed by atoms with Crippen molar-refractivity contribution in [3.8, 4) is 5.75 Å². The number of hydrogen-bond acceptors (Lipinski definition) is 4. The summed E-state index contributed by atoms with van der Waals surface area (Å²) in [7, 11) is 0. The Kier molecular flexibility index (Phi) is 4.27. The largest absolute Gasteiger partial charge is 0.489 e. The maximum absolute atomic E-state index is 11.9. The molecule has 1 aromatic carbocycles. The molecule has 1 unspecified atom stereocenters. The number of anilines is 1. The maximum atomic E-state index is 11.9. The summed E-state index contributed by atoms with van der Waals surface area (Å²) in [5, 5.41) is 0. The molecule has 1 aromatic rings. The number of hydrogen-bond donors (Lipinski definition) is 1. The van der Waals surface area contributed by atoms with E-state index in [1.165, 1.54) is 0 Å². The van der Waals surface area contributed by atoms with Crippen LogP contribution in [0, 0.1) is 5.92 Å². The van der Waals surface area contributed by atoms with Gasteiger partial charge in [-0.2, -0.15) is 0 Å². The first-order valence-electron chi connectivity index (χ1n) is 6.52. The van der Waals surface area contributed by atoms with Gasteiger partial charge >= 0.3 is 6.09 Å². The minimum Gasteiger partial charge on any atom is -0.489 e. The number of cyclic esters (lactones) is 1. The molecule has 1 heterocycles. The molecule has 1 fully saturated rings. The van der Waals surface area contributed by atoms with E-state index in [9.17, 15) is 4.79 Å². The van der Waals surface area contributed by atoms with Gasteiger partial charge in [-0.05, 0) is 26.0 Å². The predicted octanol–water partition coefficient (Wildman–Crippen LogP) is 2.01. The van der Waals surface area contributed by atoms with Gasteiger partial charge in [0.1, 0.15) is 5.75 Å². The van der Waals surface area contributed by atoms with Crippen molar-refractivity contribution < 1.29 is 14.3 Å². The standard InChI is InChI=1S/C14H20N2O3/c1-10(2)19-13-6-4-3-5-12(13)16-8-11(7-15)9-18-14(16)17/h3-6,10-11H,7-9,15H2,1-2H3. The van der Waals surface area contributed by atoms with E-state index in [1.807, 2.05) is 38.1 Å². The van der Waals surface area contributed by atoms with Crippen LogP contribution in [0.4, 0.5) is 10.5 Å². The summed E-state index contributed by atoms with van der Waals surface area (Å²) in [5.74, 6) is 0.844. The zero-order chi connectivity index (χ0) is 13.8. The third-order valence-corrected chi connectivity index (χ3v) is 2.96. The molecule has 19 heavy (non-hydrogen) atoms. The summed E-state index contributed by atoms with van der Waals surface area (Å²) in [6.07, 6.45) is -0.295. The molecule has 104 valence electrons. The van der Waals surface area contributed by atoms with Crippen LogP contribution in [0.15, 0.2) is 24.3 Å². The van der Waals surface area contributed by atoms with Gasteiger partial charge in [-0.1, -0.05) is 12.1 Å². The fourth-order valence-electron chi connectivity index (χ4n) is 2.03. The topological polar surface area (TPSA) is 64.8 Å². The second-order valence-corrected chi connectivity index (χ2v) is 4.92. The molecule has 0 saturated carbocycles. The molecule has 1 saturated heterocycles. The van der Waals surface area contributed by atoms with Crippen molar-refractivity contribution in [3.05, 3.63) is 24.3 Å². The highest BCUT2D eigenvalue weighted by Crippen LogP contribution is 2.31. The van der Waals surface area contributed by atoms with Crippen LogP contribution >= 0.6 is 0 Å². The summed E-state index contributed by atoms with van der Waals surface area (Å²) >= 11 is 0. The highest BCUT2D eigenvalue weighted by molar-refractivity contribution is 5.90. The van der Waals surface area contributed by atoms with E-state index in [0.29, 0.717) is 25.4 Å². The summed E-state index contributed by atoms with van der Waals surface area (Å²) < 4.78 is 10.9. The molecule has 2 N–H and O–H groups in total. The van der Waals surface area contributed by atoms with E-state index >= 15 is 0 Å². The van der Waals surface area contributed by atoms with Gasteiger partial charge in [0, 0.05) is 19.0 Å². The van der Waals surface area contributed by atoms with Gasteiger partial charge in [-0.15, -0.1) is 0 Å². The van der Waals surface area contributed by atoms with Crippen molar-refractivity contribution in [1.29, 1.82) is 0 Å². The smallest absolute Gasteiger partial charge is 0.414 e. The SMILES string of the molecule is CC(C)Oc1ccccc1N1CC(CN)COC1=O. The molecule has 1 amide bonds. The predicted molar refractivity (Wildman–Crippen MR) is 73.4 cm³/mol.